The number of rotatable bonds is 5. The van der Waals surface area contributed by atoms with Gasteiger partial charge in [-0.2, -0.15) is 5.10 Å². The van der Waals surface area contributed by atoms with Crippen LogP contribution in [-0.4, -0.2) is 53.5 Å². The maximum Gasteiger partial charge on any atom is 0.218 e. The highest BCUT2D eigenvalue weighted by atomic mass is 16.5. The standard InChI is InChI=1S/C16H24N6O/c1-4-23-16-9-15(17-12-18-16)21-7-5-13(6-8-21)22-11-14(10-19-22)20(2)3/h9-13H,4-8H2,1-3H3. The molecule has 2 aromatic rings. The molecule has 7 heteroatoms. The fourth-order valence-electron chi connectivity index (χ4n) is 2.85. The third-order valence-corrected chi connectivity index (χ3v) is 4.19. The van der Waals surface area contributed by atoms with E-state index in [1.807, 2.05) is 33.3 Å². The number of ether oxygens (including phenoxy) is 1. The Morgan fingerprint density at radius 2 is 2.04 bits per heavy atom. The molecular formula is C16H24N6O. The summed E-state index contributed by atoms with van der Waals surface area (Å²) in [5.41, 5.74) is 1.14. The van der Waals surface area contributed by atoms with E-state index >= 15 is 0 Å². The maximum absolute atomic E-state index is 5.46. The van der Waals surface area contributed by atoms with Crippen LogP contribution < -0.4 is 14.5 Å². The van der Waals surface area contributed by atoms with Gasteiger partial charge in [0.05, 0.1) is 24.5 Å². The van der Waals surface area contributed by atoms with Crippen LogP contribution >= 0.6 is 0 Å². The molecule has 0 N–H and O–H groups in total. The molecule has 1 fully saturated rings. The molecule has 1 saturated heterocycles. The van der Waals surface area contributed by atoms with Gasteiger partial charge < -0.3 is 14.5 Å². The molecular weight excluding hydrogens is 292 g/mol. The van der Waals surface area contributed by atoms with E-state index in [1.54, 1.807) is 6.33 Å². The van der Waals surface area contributed by atoms with Crippen LogP contribution in [0.25, 0.3) is 0 Å². The Morgan fingerprint density at radius 1 is 1.26 bits per heavy atom. The Kier molecular flexibility index (Phi) is 4.64. The van der Waals surface area contributed by atoms with Gasteiger partial charge in [0, 0.05) is 39.4 Å². The first kappa shape index (κ1) is 15.6. The number of hydrogen-bond acceptors (Lipinski definition) is 6. The highest BCUT2D eigenvalue weighted by Crippen LogP contribution is 2.27. The van der Waals surface area contributed by atoms with Gasteiger partial charge >= 0.3 is 0 Å². The minimum atomic E-state index is 0.452. The topological polar surface area (TPSA) is 59.3 Å². The summed E-state index contributed by atoms with van der Waals surface area (Å²) < 4.78 is 7.55. The maximum atomic E-state index is 5.46. The van der Waals surface area contributed by atoms with Crippen molar-refractivity contribution < 1.29 is 4.74 Å². The van der Waals surface area contributed by atoms with Gasteiger partial charge in [0.15, 0.2) is 0 Å². The third-order valence-electron chi connectivity index (χ3n) is 4.19. The quantitative estimate of drug-likeness (QED) is 0.840. The summed E-state index contributed by atoms with van der Waals surface area (Å²) in [4.78, 5) is 12.9. The number of aromatic nitrogens is 4. The van der Waals surface area contributed by atoms with E-state index in [0.717, 1.165) is 37.4 Å². The summed E-state index contributed by atoms with van der Waals surface area (Å²) in [6.07, 6.45) is 7.73. The molecule has 3 rings (SSSR count). The average molecular weight is 316 g/mol. The van der Waals surface area contributed by atoms with Crippen LogP contribution in [0.5, 0.6) is 5.88 Å². The molecule has 3 heterocycles. The van der Waals surface area contributed by atoms with Crippen LogP contribution in [0.15, 0.2) is 24.8 Å². The molecule has 0 bridgehead atoms. The largest absolute Gasteiger partial charge is 0.478 e. The highest BCUT2D eigenvalue weighted by Gasteiger charge is 2.22. The van der Waals surface area contributed by atoms with Gasteiger partial charge in [-0.05, 0) is 19.8 Å². The first-order valence-electron chi connectivity index (χ1n) is 8.08. The summed E-state index contributed by atoms with van der Waals surface area (Å²) in [6.45, 7) is 4.50. The van der Waals surface area contributed by atoms with E-state index in [2.05, 4.69) is 35.7 Å². The van der Waals surface area contributed by atoms with E-state index in [4.69, 9.17) is 4.74 Å². The Bertz CT molecular complexity index is 633. The Labute approximate surface area is 136 Å². The van der Waals surface area contributed by atoms with Crippen LogP contribution in [-0.2, 0) is 0 Å². The van der Waals surface area contributed by atoms with Gasteiger partial charge in [-0.1, -0.05) is 0 Å². The van der Waals surface area contributed by atoms with E-state index in [0.29, 0.717) is 18.5 Å². The molecule has 0 aliphatic carbocycles. The zero-order chi connectivity index (χ0) is 16.2. The molecule has 7 nitrogen and oxygen atoms in total. The summed E-state index contributed by atoms with van der Waals surface area (Å²) in [5, 5.41) is 4.51. The number of anilines is 2. The highest BCUT2D eigenvalue weighted by molar-refractivity contribution is 5.42. The van der Waals surface area contributed by atoms with Gasteiger partial charge in [-0.15, -0.1) is 0 Å². The van der Waals surface area contributed by atoms with Crippen molar-refractivity contribution in [2.75, 3.05) is 43.6 Å². The smallest absolute Gasteiger partial charge is 0.218 e. The predicted molar refractivity (Wildman–Crippen MR) is 90.2 cm³/mol. The summed E-state index contributed by atoms with van der Waals surface area (Å²) >= 11 is 0. The van der Waals surface area contributed by atoms with Crippen molar-refractivity contribution in [3.8, 4) is 5.88 Å². The van der Waals surface area contributed by atoms with Gasteiger partial charge in [0.2, 0.25) is 5.88 Å². The van der Waals surface area contributed by atoms with Crippen molar-refractivity contribution in [1.29, 1.82) is 0 Å². The average Bonchev–Trinajstić information content (AvgIpc) is 3.06. The lowest BCUT2D eigenvalue weighted by Gasteiger charge is -2.32. The molecule has 124 valence electrons. The molecule has 23 heavy (non-hydrogen) atoms. The lowest BCUT2D eigenvalue weighted by Crippen LogP contribution is -2.35. The van der Waals surface area contributed by atoms with Crippen LogP contribution in [0.4, 0.5) is 11.5 Å². The minimum absolute atomic E-state index is 0.452. The van der Waals surface area contributed by atoms with Gasteiger partial charge in [-0.25, -0.2) is 9.97 Å². The zero-order valence-electron chi connectivity index (χ0n) is 14.0. The van der Waals surface area contributed by atoms with Gasteiger partial charge in [0.25, 0.3) is 0 Å². The molecule has 0 atom stereocenters. The lowest BCUT2D eigenvalue weighted by atomic mass is 10.1. The van der Waals surface area contributed by atoms with Crippen molar-refractivity contribution in [3.05, 3.63) is 24.8 Å². The molecule has 0 saturated carbocycles. The van der Waals surface area contributed by atoms with Crippen molar-refractivity contribution >= 4 is 11.5 Å². The van der Waals surface area contributed by atoms with Crippen molar-refractivity contribution in [1.82, 2.24) is 19.7 Å². The summed E-state index contributed by atoms with van der Waals surface area (Å²) in [6, 6.07) is 2.37. The van der Waals surface area contributed by atoms with Gasteiger partial charge in [-0.3, -0.25) is 4.68 Å². The second-order valence-corrected chi connectivity index (χ2v) is 5.94. The fourth-order valence-corrected chi connectivity index (χ4v) is 2.85. The number of hydrogen-bond donors (Lipinski definition) is 0. The van der Waals surface area contributed by atoms with E-state index < -0.39 is 0 Å². The third kappa shape index (κ3) is 3.55. The van der Waals surface area contributed by atoms with Crippen LogP contribution in [0, 0.1) is 0 Å². The predicted octanol–water partition coefficient (Wildman–Crippen LogP) is 1.98. The second-order valence-electron chi connectivity index (χ2n) is 5.94. The zero-order valence-corrected chi connectivity index (χ0v) is 14.0. The van der Waals surface area contributed by atoms with E-state index in [-0.39, 0.29) is 0 Å². The minimum Gasteiger partial charge on any atom is -0.478 e. The SMILES string of the molecule is CCOc1cc(N2CCC(n3cc(N(C)C)cn3)CC2)ncn1. The molecule has 0 spiro atoms. The normalized spacial score (nSPS) is 15.7. The summed E-state index contributed by atoms with van der Waals surface area (Å²) in [5.74, 6) is 1.58. The fraction of sp³-hybridized carbons (Fsp3) is 0.562. The number of piperidine rings is 1. The Morgan fingerprint density at radius 3 is 2.70 bits per heavy atom. The Balaban J connectivity index is 1.62. The first-order valence-corrected chi connectivity index (χ1v) is 8.08. The lowest BCUT2D eigenvalue weighted by molar-refractivity contribution is 0.325. The molecule has 1 aliphatic rings. The van der Waals surface area contributed by atoms with Gasteiger partial charge in [0.1, 0.15) is 12.1 Å². The first-order chi connectivity index (χ1) is 11.2. The summed E-state index contributed by atoms with van der Waals surface area (Å²) in [7, 11) is 4.07. The molecule has 0 radical (unpaired) electrons. The molecule has 2 aromatic heterocycles. The van der Waals surface area contributed by atoms with Crippen molar-refractivity contribution in [2.45, 2.75) is 25.8 Å². The molecule has 0 amide bonds. The van der Waals surface area contributed by atoms with E-state index in [9.17, 15) is 0 Å². The Hall–Kier alpha value is -2.31. The van der Waals surface area contributed by atoms with Crippen LogP contribution in [0.3, 0.4) is 0 Å². The van der Waals surface area contributed by atoms with Crippen LogP contribution in [0.2, 0.25) is 0 Å². The second kappa shape index (κ2) is 6.85. The molecule has 1 aliphatic heterocycles. The number of nitrogens with zero attached hydrogens (tertiary/aromatic N) is 6. The van der Waals surface area contributed by atoms with Crippen molar-refractivity contribution in [2.24, 2.45) is 0 Å². The molecule has 0 unspecified atom stereocenters. The van der Waals surface area contributed by atoms with Crippen molar-refractivity contribution in [3.63, 3.8) is 0 Å². The molecule has 0 aromatic carbocycles. The van der Waals surface area contributed by atoms with E-state index in [1.165, 1.54) is 0 Å². The van der Waals surface area contributed by atoms with Crippen LogP contribution in [0.1, 0.15) is 25.8 Å². The monoisotopic (exact) mass is 316 g/mol.